The molecule has 0 saturated carbocycles. The van der Waals surface area contributed by atoms with Gasteiger partial charge in [0.05, 0.1) is 5.56 Å². The molecule has 1 aromatic heterocycles. The molecule has 0 fully saturated rings. The van der Waals surface area contributed by atoms with Crippen LogP contribution in [0.25, 0.3) is 0 Å². The van der Waals surface area contributed by atoms with Gasteiger partial charge in [0.2, 0.25) is 0 Å². The maximum absolute atomic E-state index is 12.0. The SMILES string of the molecule is CN(CCCC(=O)O)C(=O)c1ccc(Cl)nc1Cl. The molecule has 0 aliphatic carbocycles. The van der Waals surface area contributed by atoms with Crippen LogP contribution in [-0.2, 0) is 4.79 Å². The highest BCUT2D eigenvalue weighted by Crippen LogP contribution is 2.18. The quantitative estimate of drug-likeness (QED) is 0.845. The molecule has 0 aliphatic heterocycles. The third-order valence-corrected chi connectivity index (χ3v) is 2.77. The highest BCUT2D eigenvalue weighted by Gasteiger charge is 2.16. The molecular weight excluding hydrogens is 279 g/mol. The predicted molar refractivity (Wildman–Crippen MR) is 68.1 cm³/mol. The zero-order chi connectivity index (χ0) is 13.7. The summed E-state index contributed by atoms with van der Waals surface area (Å²) in [4.78, 5) is 27.5. The van der Waals surface area contributed by atoms with Crippen LogP contribution >= 0.6 is 23.2 Å². The summed E-state index contributed by atoms with van der Waals surface area (Å²) in [6.07, 6.45) is 0.403. The van der Waals surface area contributed by atoms with Crippen molar-refractivity contribution in [3.8, 4) is 0 Å². The number of carbonyl (C=O) groups excluding carboxylic acids is 1. The summed E-state index contributed by atoms with van der Waals surface area (Å²) >= 11 is 11.4. The fraction of sp³-hybridized carbons (Fsp3) is 0.364. The summed E-state index contributed by atoms with van der Waals surface area (Å²) in [5.41, 5.74) is 0.249. The van der Waals surface area contributed by atoms with E-state index in [9.17, 15) is 9.59 Å². The average molecular weight is 291 g/mol. The van der Waals surface area contributed by atoms with Crippen LogP contribution in [0.4, 0.5) is 0 Å². The third kappa shape index (κ3) is 4.16. The summed E-state index contributed by atoms with van der Waals surface area (Å²) in [7, 11) is 1.58. The largest absolute Gasteiger partial charge is 0.481 e. The van der Waals surface area contributed by atoms with Gasteiger partial charge in [0.25, 0.3) is 5.91 Å². The van der Waals surface area contributed by atoms with E-state index in [0.717, 1.165) is 0 Å². The van der Waals surface area contributed by atoms with Crippen molar-refractivity contribution in [3.63, 3.8) is 0 Å². The van der Waals surface area contributed by atoms with E-state index in [1.54, 1.807) is 7.05 Å². The predicted octanol–water partition coefficient (Wildman–Crippen LogP) is 2.33. The highest BCUT2D eigenvalue weighted by atomic mass is 35.5. The Morgan fingerprint density at radius 2 is 2.06 bits per heavy atom. The van der Waals surface area contributed by atoms with Crippen LogP contribution in [0.3, 0.4) is 0 Å². The zero-order valence-corrected chi connectivity index (χ0v) is 11.2. The van der Waals surface area contributed by atoms with E-state index in [1.165, 1.54) is 17.0 Å². The first-order chi connectivity index (χ1) is 8.41. The first-order valence-electron chi connectivity index (χ1n) is 5.21. The molecule has 98 valence electrons. The topological polar surface area (TPSA) is 70.5 Å². The fourth-order valence-corrected chi connectivity index (χ4v) is 1.77. The second kappa shape index (κ2) is 6.56. The molecule has 0 radical (unpaired) electrons. The van der Waals surface area contributed by atoms with E-state index in [4.69, 9.17) is 28.3 Å². The molecule has 0 aliphatic rings. The summed E-state index contributed by atoms with van der Waals surface area (Å²) in [6, 6.07) is 2.97. The number of amides is 1. The van der Waals surface area contributed by atoms with Gasteiger partial charge in [0.1, 0.15) is 10.3 Å². The van der Waals surface area contributed by atoms with Gasteiger partial charge in [0, 0.05) is 20.0 Å². The number of carbonyl (C=O) groups is 2. The van der Waals surface area contributed by atoms with Gasteiger partial charge in [-0.1, -0.05) is 23.2 Å². The number of halogens is 2. The van der Waals surface area contributed by atoms with Crippen LogP contribution in [-0.4, -0.2) is 40.5 Å². The van der Waals surface area contributed by atoms with Crippen molar-refractivity contribution in [3.05, 3.63) is 28.0 Å². The van der Waals surface area contributed by atoms with E-state index in [2.05, 4.69) is 4.98 Å². The lowest BCUT2D eigenvalue weighted by atomic mass is 10.2. The first-order valence-corrected chi connectivity index (χ1v) is 5.96. The number of nitrogens with zero attached hydrogens (tertiary/aromatic N) is 2. The minimum absolute atomic E-state index is 0.0181. The molecule has 18 heavy (non-hydrogen) atoms. The molecule has 1 rings (SSSR count). The van der Waals surface area contributed by atoms with Gasteiger partial charge in [-0.3, -0.25) is 9.59 Å². The second-order valence-corrected chi connectivity index (χ2v) is 4.44. The normalized spacial score (nSPS) is 10.2. The summed E-state index contributed by atoms with van der Waals surface area (Å²) in [5.74, 6) is -1.20. The molecule has 1 amide bonds. The number of carboxylic acid groups (broad SMARTS) is 1. The second-order valence-electron chi connectivity index (χ2n) is 3.70. The van der Waals surface area contributed by atoms with Gasteiger partial charge in [-0.25, -0.2) is 4.98 Å². The number of carboxylic acids is 1. The minimum Gasteiger partial charge on any atom is -0.481 e. The van der Waals surface area contributed by atoms with Crippen molar-refractivity contribution in [2.75, 3.05) is 13.6 Å². The van der Waals surface area contributed by atoms with E-state index in [1.807, 2.05) is 0 Å². The average Bonchev–Trinajstić information content (AvgIpc) is 2.27. The molecule has 0 unspecified atom stereocenters. The zero-order valence-electron chi connectivity index (χ0n) is 9.69. The Morgan fingerprint density at radius 1 is 1.39 bits per heavy atom. The highest BCUT2D eigenvalue weighted by molar-refractivity contribution is 6.34. The summed E-state index contributed by atoms with van der Waals surface area (Å²) in [5, 5.41) is 8.76. The monoisotopic (exact) mass is 290 g/mol. The number of hydrogen-bond donors (Lipinski definition) is 1. The molecule has 0 spiro atoms. The van der Waals surface area contributed by atoms with E-state index in [-0.39, 0.29) is 28.2 Å². The molecule has 0 aromatic carbocycles. The van der Waals surface area contributed by atoms with E-state index >= 15 is 0 Å². The molecule has 0 atom stereocenters. The van der Waals surface area contributed by atoms with E-state index in [0.29, 0.717) is 13.0 Å². The van der Waals surface area contributed by atoms with Crippen molar-refractivity contribution >= 4 is 35.1 Å². The van der Waals surface area contributed by atoms with Gasteiger partial charge in [-0.2, -0.15) is 0 Å². The van der Waals surface area contributed by atoms with Crippen LogP contribution in [0.15, 0.2) is 12.1 Å². The van der Waals surface area contributed by atoms with E-state index < -0.39 is 5.97 Å². The van der Waals surface area contributed by atoms with Crippen LogP contribution in [0.5, 0.6) is 0 Å². The molecule has 7 heteroatoms. The van der Waals surface area contributed by atoms with Crippen molar-refractivity contribution in [1.82, 2.24) is 9.88 Å². The van der Waals surface area contributed by atoms with Crippen LogP contribution in [0, 0.1) is 0 Å². The maximum atomic E-state index is 12.0. The minimum atomic E-state index is -0.887. The lowest BCUT2D eigenvalue weighted by Gasteiger charge is -2.17. The van der Waals surface area contributed by atoms with Crippen LogP contribution in [0.2, 0.25) is 10.3 Å². The third-order valence-electron chi connectivity index (χ3n) is 2.28. The number of pyridine rings is 1. The number of aromatic nitrogens is 1. The Hall–Kier alpha value is -1.33. The lowest BCUT2D eigenvalue weighted by Crippen LogP contribution is -2.28. The fourth-order valence-electron chi connectivity index (χ4n) is 1.35. The van der Waals surface area contributed by atoms with Gasteiger partial charge >= 0.3 is 5.97 Å². The van der Waals surface area contributed by atoms with Crippen LogP contribution in [0.1, 0.15) is 23.2 Å². The smallest absolute Gasteiger partial charge is 0.303 e. The maximum Gasteiger partial charge on any atom is 0.303 e. The van der Waals surface area contributed by atoms with Crippen molar-refractivity contribution < 1.29 is 14.7 Å². The Balaban J connectivity index is 2.65. The molecule has 1 aromatic rings. The van der Waals surface area contributed by atoms with Crippen LogP contribution < -0.4 is 0 Å². The molecular formula is C11H12Cl2N2O3. The van der Waals surface area contributed by atoms with Gasteiger partial charge < -0.3 is 10.0 Å². The van der Waals surface area contributed by atoms with Crippen molar-refractivity contribution in [2.24, 2.45) is 0 Å². The van der Waals surface area contributed by atoms with Gasteiger partial charge in [0.15, 0.2) is 0 Å². The number of aliphatic carboxylic acids is 1. The summed E-state index contributed by atoms with van der Waals surface area (Å²) < 4.78 is 0. The standard InChI is InChI=1S/C11H12Cl2N2O3/c1-15(6-2-3-9(16)17)11(18)7-4-5-8(12)14-10(7)13/h4-5H,2-3,6H2,1H3,(H,16,17). The first kappa shape index (κ1) is 14.7. The molecule has 1 N–H and O–H groups in total. The number of hydrogen-bond acceptors (Lipinski definition) is 3. The molecule has 0 bridgehead atoms. The Labute approximate surface area is 114 Å². The lowest BCUT2D eigenvalue weighted by molar-refractivity contribution is -0.137. The Morgan fingerprint density at radius 3 is 2.61 bits per heavy atom. The van der Waals surface area contributed by atoms with Gasteiger partial charge in [-0.05, 0) is 18.6 Å². The molecule has 1 heterocycles. The van der Waals surface area contributed by atoms with Crippen molar-refractivity contribution in [2.45, 2.75) is 12.8 Å². The number of rotatable bonds is 5. The Kier molecular flexibility index (Phi) is 5.37. The molecule has 0 saturated heterocycles. The van der Waals surface area contributed by atoms with Crippen molar-refractivity contribution in [1.29, 1.82) is 0 Å². The summed E-state index contributed by atoms with van der Waals surface area (Å²) in [6.45, 7) is 0.337. The van der Waals surface area contributed by atoms with Gasteiger partial charge in [-0.15, -0.1) is 0 Å². The molecule has 5 nitrogen and oxygen atoms in total. The Bertz CT molecular complexity index is 466.